The summed E-state index contributed by atoms with van der Waals surface area (Å²) in [5.41, 5.74) is 4.06. The van der Waals surface area contributed by atoms with Gasteiger partial charge in [0.25, 0.3) is 5.85 Å². The van der Waals surface area contributed by atoms with Crippen LogP contribution in [-0.2, 0) is 0 Å². The van der Waals surface area contributed by atoms with Gasteiger partial charge in [0.2, 0.25) is 5.88 Å². The maximum Gasteiger partial charge on any atom is 0.284 e. The monoisotopic (exact) mass is 496 g/mol. The van der Waals surface area contributed by atoms with E-state index in [1.165, 1.54) is 12.8 Å². The van der Waals surface area contributed by atoms with Crippen LogP contribution in [0.25, 0.3) is 27.8 Å². The molecule has 0 atom stereocenters. The Morgan fingerprint density at radius 2 is 2.05 bits per heavy atom. The number of ketones is 1. The van der Waals surface area contributed by atoms with Crippen molar-refractivity contribution in [3.63, 3.8) is 0 Å². The first-order chi connectivity index (χ1) is 18.0. The average Bonchev–Trinajstić information content (AvgIpc) is 3.44. The lowest BCUT2D eigenvalue weighted by molar-refractivity contribution is -0.0863. The minimum absolute atomic E-state index is 0.0376. The number of aromatic nitrogens is 5. The van der Waals surface area contributed by atoms with E-state index in [2.05, 4.69) is 19.9 Å². The predicted molar refractivity (Wildman–Crippen MR) is 137 cm³/mol. The molecule has 0 radical (unpaired) electrons. The van der Waals surface area contributed by atoms with Crippen LogP contribution in [0.5, 0.6) is 5.88 Å². The van der Waals surface area contributed by atoms with E-state index in [0.29, 0.717) is 40.5 Å². The molecule has 9 heteroatoms. The van der Waals surface area contributed by atoms with Gasteiger partial charge in [0.05, 0.1) is 30.3 Å². The van der Waals surface area contributed by atoms with Crippen molar-refractivity contribution >= 4 is 28.3 Å². The second kappa shape index (κ2) is 8.40. The molecule has 0 amide bonds. The van der Waals surface area contributed by atoms with Crippen LogP contribution in [0, 0.1) is 5.92 Å². The number of hydrogen-bond donors (Lipinski definition) is 1. The molecule has 0 bridgehead atoms. The lowest BCUT2D eigenvalue weighted by Gasteiger charge is -2.43. The first-order valence-electron chi connectivity index (χ1n) is 12.6. The summed E-state index contributed by atoms with van der Waals surface area (Å²) in [4.78, 5) is 31.1. The zero-order valence-electron chi connectivity index (χ0n) is 20.1. The Hall–Kier alpha value is -4.27. The number of H-pyrrole nitrogens is 1. The van der Waals surface area contributed by atoms with E-state index in [0.717, 1.165) is 17.6 Å². The number of anilines is 1. The number of fused-ring (bicyclic) bond motifs is 2. The smallest absolute Gasteiger partial charge is 0.284 e. The molecule has 1 saturated carbocycles. The maximum absolute atomic E-state index is 15.7. The Morgan fingerprint density at radius 3 is 2.84 bits per heavy atom. The van der Waals surface area contributed by atoms with Crippen molar-refractivity contribution in [1.29, 1.82) is 0 Å². The summed E-state index contributed by atoms with van der Waals surface area (Å²) >= 11 is 0. The van der Waals surface area contributed by atoms with Crippen molar-refractivity contribution in [2.24, 2.45) is 5.92 Å². The highest BCUT2D eigenvalue weighted by molar-refractivity contribution is 5.94. The Balaban J connectivity index is 1.13. The number of hydrogen-bond acceptors (Lipinski definition) is 6. The molecule has 1 saturated heterocycles. The van der Waals surface area contributed by atoms with Crippen molar-refractivity contribution in [3.8, 4) is 17.0 Å². The van der Waals surface area contributed by atoms with Gasteiger partial charge in [-0.3, -0.25) is 9.78 Å². The van der Waals surface area contributed by atoms with E-state index in [4.69, 9.17) is 4.74 Å². The number of aromatic amines is 1. The lowest BCUT2D eigenvalue weighted by Crippen LogP contribution is -2.62. The molecule has 1 aliphatic heterocycles. The van der Waals surface area contributed by atoms with Gasteiger partial charge in [-0.2, -0.15) is 4.39 Å². The number of carbonyl (C=O) groups is 1. The highest BCUT2D eigenvalue weighted by Crippen LogP contribution is 2.38. The number of halogens is 1. The van der Waals surface area contributed by atoms with Gasteiger partial charge in [0.15, 0.2) is 5.78 Å². The van der Waals surface area contributed by atoms with E-state index in [1.54, 1.807) is 18.5 Å². The molecule has 0 spiro atoms. The van der Waals surface area contributed by atoms with Crippen molar-refractivity contribution < 1.29 is 13.9 Å². The number of carbonyl (C=O) groups excluding carboxylic acids is 1. The third-order valence-corrected chi connectivity index (χ3v) is 7.14. The predicted octanol–water partition coefficient (Wildman–Crippen LogP) is 5.21. The van der Waals surface area contributed by atoms with Crippen LogP contribution >= 0.6 is 0 Å². The summed E-state index contributed by atoms with van der Waals surface area (Å²) < 4.78 is 23.5. The fraction of sp³-hybridized carbons (Fsp3) is 0.286. The van der Waals surface area contributed by atoms with Gasteiger partial charge in [0.1, 0.15) is 17.2 Å². The fourth-order valence-corrected chi connectivity index (χ4v) is 4.83. The van der Waals surface area contributed by atoms with Crippen LogP contribution in [0.2, 0.25) is 0 Å². The largest absolute Gasteiger partial charge is 0.436 e. The molecule has 1 aliphatic carbocycles. The Bertz CT molecular complexity index is 1580. The molecule has 5 aromatic rings. The van der Waals surface area contributed by atoms with E-state index in [-0.39, 0.29) is 24.8 Å². The number of alkyl halides is 1. The minimum atomic E-state index is -1.91. The van der Waals surface area contributed by atoms with E-state index in [1.807, 2.05) is 58.1 Å². The molecule has 6 heterocycles. The van der Waals surface area contributed by atoms with Gasteiger partial charge in [-0.25, -0.2) is 9.97 Å². The summed E-state index contributed by atoms with van der Waals surface area (Å²) in [6.45, 7) is 0.0751. The normalized spacial score (nSPS) is 16.7. The molecule has 5 aromatic heterocycles. The number of pyridine rings is 3. The molecule has 0 unspecified atom stereocenters. The first-order valence-corrected chi connectivity index (χ1v) is 12.6. The molecule has 0 aromatic carbocycles. The summed E-state index contributed by atoms with van der Waals surface area (Å²) in [6.07, 6.45) is 11.1. The zero-order valence-corrected chi connectivity index (χ0v) is 20.1. The van der Waals surface area contributed by atoms with Crippen LogP contribution in [0.4, 0.5) is 10.2 Å². The van der Waals surface area contributed by atoms with Gasteiger partial charge in [-0.05, 0) is 42.7 Å². The van der Waals surface area contributed by atoms with Crippen LogP contribution in [0.1, 0.15) is 36.2 Å². The molecule has 1 N–H and O–H groups in total. The van der Waals surface area contributed by atoms with Crippen molar-refractivity contribution in [2.45, 2.75) is 31.5 Å². The van der Waals surface area contributed by atoms with Gasteiger partial charge < -0.3 is 19.0 Å². The molecular formula is C28H25FN6O2. The van der Waals surface area contributed by atoms with Gasteiger partial charge in [0, 0.05) is 36.1 Å². The molecule has 37 heavy (non-hydrogen) atoms. The number of Topliss-reactive ketones (excluding diaryl/α,β-unsaturated/α-hetero) is 1. The van der Waals surface area contributed by atoms with Gasteiger partial charge in [-0.15, -0.1) is 0 Å². The maximum atomic E-state index is 15.7. The number of ether oxygens (including phenoxy) is 1. The average molecular weight is 497 g/mol. The Labute approximate surface area is 212 Å². The SMILES string of the molecule is O=C(CCC1CC1)c1ccc(-c2cc3[nH]ccc3nc2OC2(F)CN(c3cn4ccccc4n3)C2)cn1. The summed E-state index contributed by atoms with van der Waals surface area (Å²) in [5, 5.41) is 0. The quantitative estimate of drug-likeness (QED) is 0.297. The highest BCUT2D eigenvalue weighted by atomic mass is 19.2. The third kappa shape index (κ3) is 4.20. The van der Waals surface area contributed by atoms with Gasteiger partial charge >= 0.3 is 0 Å². The Morgan fingerprint density at radius 1 is 1.16 bits per heavy atom. The van der Waals surface area contributed by atoms with Crippen LogP contribution in [0.15, 0.2) is 67.3 Å². The number of nitrogens with zero attached hydrogens (tertiary/aromatic N) is 5. The van der Waals surface area contributed by atoms with Crippen molar-refractivity contribution in [3.05, 3.63) is 72.9 Å². The molecule has 186 valence electrons. The number of imidazole rings is 1. The summed E-state index contributed by atoms with van der Waals surface area (Å²) in [7, 11) is 0. The van der Waals surface area contributed by atoms with Gasteiger partial charge in [-0.1, -0.05) is 25.0 Å². The number of rotatable bonds is 8. The Kier molecular flexibility index (Phi) is 4.99. The molecule has 8 nitrogen and oxygen atoms in total. The third-order valence-electron chi connectivity index (χ3n) is 7.14. The summed E-state index contributed by atoms with van der Waals surface area (Å²) in [6, 6.07) is 13.0. The minimum Gasteiger partial charge on any atom is -0.436 e. The van der Waals surface area contributed by atoms with Crippen LogP contribution < -0.4 is 9.64 Å². The van der Waals surface area contributed by atoms with E-state index < -0.39 is 5.85 Å². The van der Waals surface area contributed by atoms with Crippen LogP contribution in [-0.4, -0.2) is 49.1 Å². The summed E-state index contributed by atoms with van der Waals surface area (Å²) in [5.74, 6) is -0.266. The molecule has 2 aliphatic rings. The van der Waals surface area contributed by atoms with E-state index >= 15 is 4.39 Å². The zero-order chi connectivity index (χ0) is 25.0. The molecular weight excluding hydrogens is 471 g/mol. The lowest BCUT2D eigenvalue weighted by atomic mass is 10.1. The van der Waals surface area contributed by atoms with Crippen LogP contribution in [0.3, 0.4) is 0 Å². The number of nitrogens with one attached hydrogen (secondary N) is 1. The standard InChI is InChI=1S/C28H25FN6O2/c29-28(16-35(17-28)26-15-34-12-2-1-3-25(34)33-26)37-27-20(13-23-21(32-27)10-11-30-23)19-7-8-22(31-14-19)24(36)9-6-18-4-5-18/h1-3,7-8,10-15,18,30H,4-6,9,16-17H2. The van der Waals surface area contributed by atoms with E-state index in [9.17, 15) is 4.79 Å². The molecule has 2 fully saturated rings. The first kappa shape index (κ1) is 22.0. The van der Waals surface area contributed by atoms with Crippen molar-refractivity contribution in [2.75, 3.05) is 18.0 Å². The second-order valence-corrected chi connectivity index (χ2v) is 10.00. The highest BCUT2D eigenvalue weighted by Gasteiger charge is 2.48. The topological polar surface area (TPSA) is 88.4 Å². The fourth-order valence-electron chi connectivity index (χ4n) is 4.83. The second-order valence-electron chi connectivity index (χ2n) is 10.00. The van der Waals surface area contributed by atoms with Crippen molar-refractivity contribution in [1.82, 2.24) is 24.3 Å². The molecule has 7 rings (SSSR count).